The normalized spacial score (nSPS) is 24.1. The fourth-order valence-corrected chi connectivity index (χ4v) is 8.71. The summed E-state index contributed by atoms with van der Waals surface area (Å²) in [7, 11) is 1.28. The highest BCUT2D eigenvalue weighted by atomic mass is 16.5. The number of ketones is 1. The van der Waals surface area contributed by atoms with Crippen molar-refractivity contribution < 1.29 is 23.9 Å². The Morgan fingerprint density at radius 2 is 1.04 bits per heavy atom. The van der Waals surface area contributed by atoms with E-state index >= 15 is 14.4 Å². The van der Waals surface area contributed by atoms with Crippen LogP contribution in [0.15, 0.2) is 133 Å². The molecule has 1 heterocycles. The van der Waals surface area contributed by atoms with Gasteiger partial charge in [-0.25, -0.2) is 9.69 Å². The van der Waals surface area contributed by atoms with Crippen LogP contribution in [0.4, 0.5) is 5.69 Å². The van der Waals surface area contributed by atoms with Gasteiger partial charge in [0, 0.05) is 0 Å². The lowest BCUT2D eigenvalue weighted by molar-refractivity contribution is -0.130. The highest BCUT2D eigenvalue weighted by molar-refractivity contribution is 6.39. The van der Waals surface area contributed by atoms with Crippen molar-refractivity contribution in [1.82, 2.24) is 0 Å². The maximum absolute atomic E-state index is 16.0. The summed E-state index contributed by atoms with van der Waals surface area (Å²) >= 11 is 0. The van der Waals surface area contributed by atoms with E-state index in [1.54, 1.807) is 18.2 Å². The van der Waals surface area contributed by atoms with Gasteiger partial charge < -0.3 is 4.74 Å². The molecule has 1 aliphatic heterocycles. The Morgan fingerprint density at radius 1 is 0.592 bits per heavy atom. The maximum atomic E-state index is 16.0. The van der Waals surface area contributed by atoms with Crippen LogP contribution in [-0.4, -0.2) is 30.7 Å². The van der Waals surface area contributed by atoms with Crippen LogP contribution in [-0.2, 0) is 30.0 Å². The van der Waals surface area contributed by atoms with Crippen LogP contribution in [0, 0.1) is 25.7 Å². The average molecular weight is 644 g/mol. The van der Waals surface area contributed by atoms with E-state index in [1.165, 1.54) is 18.1 Å². The number of benzene rings is 5. The number of nitrogens with zero attached hydrogens (tertiary/aromatic N) is 1. The smallest absolute Gasteiger partial charge is 0.337 e. The van der Waals surface area contributed by atoms with Crippen molar-refractivity contribution in [1.29, 1.82) is 0 Å². The first-order valence-electron chi connectivity index (χ1n) is 16.4. The van der Waals surface area contributed by atoms with Crippen LogP contribution in [0.5, 0.6) is 0 Å². The SMILES string of the molecule is COC(=O)c1cccc(N2C(=O)[C@@H]3[C@H](C2=O)[C@@]2(c4ccccc4)C(=O)[C@@]3(c3ccccc3)C(c3ccc(C)cc3)=C2c2ccc(C)cc2)c1. The molecule has 0 N–H and O–H groups in total. The summed E-state index contributed by atoms with van der Waals surface area (Å²) in [5.41, 5.74) is 4.04. The van der Waals surface area contributed by atoms with Crippen LogP contribution in [0.2, 0.25) is 0 Å². The van der Waals surface area contributed by atoms with Gasteiger partial charge in [-0.1, -0.05) is 126 Å². The summed E-state index contributed by atoms with van der Waals surface area (Å²) < 4.78 is 4.95. The third-order valence-corrected chi connectivity index (χ3v) is 10.7. The zero-order valence-electron chi connectivity index (χ0n) is 27.3. The van der Waals surface area contributed by atoms with Gasteiger partial charge in [0.2, 0.25) is 11.8 Å². The fourth-order valence-electron chi connectivity index (χ4n) is 8.71. The van der Waals surface area contributed by atoms with E-state index in [9.17, 15) is 4.79 Å². The van der Waals surface area contributed by atoms with Crippen molar-refractivity contribution in [2.75, 3.05) is 12.0 Å². The molecule has 49 heavy (non-hydrogen) atoms. The van der Waals surface area contributed by atoms with Crippen molar-refractivity contribution in [2.45, 2.75) is 24.7 Å². The summed E-state index contributed by atoms with van der Waals surface area (Å²) in [6.07, 6.45) is 0. The van der Waals surface area contributed by atoms with E-state index < -0.39 is 40.4 Å². The minimum absolute atomic E-state index is 0.178. The van der Waals surface area contributed by atoms with Gasteiger partial charge in [0.25, 0.3) is 0 Å². The lowest BCUT2D eigenvalue weighted by atomic mass is 9.59. The molecule has 5 aromatic carbocycles. The first-order valence-corrected chi connectivity index (χ1v) is 16.4. The standard InChI is InChI=1S/C43H33NO5/c1-26-17-21-28(22-18-26)34-35(29-23-19-27(2)20-24-29)43(32-14-8-5-9-15-32)37-36(42(34,41(43)48)31-12-6-4-7-13-31)38(45)44(39(37)46)33-16-10-11-30(25-33)40(47)49-3/h4-25,36-37H,1-3H3/t36-,37+,42-,43-/m0/s1. The molecule has 6 nitrogen and oxygen atoms in total. The number of fused-ring (bicyclic) bond motifs is 5. The number of allylic oxidation sites excluding steroid dienone is 2. The minimum atomic E-state index is -1.50. The topological polar surface area (TPSA) is 80.8 Å². The van der Waals surface area contributed by atoms with Gasteiger partial charge in [0.15, 0.2) is 5.78 Å². The van der Waals surface area contributed by atoms with Crippen LogP contribution >= 0.6 is 0 Å². The molecule has 0 spiro atoms. The van der Waals surface area contributed by atoms with Crippen LogP contribution in [0.1, 0.15) is 43.7 Å². The second kappa shape index (κ2) is 11.1. The number of methoxy groups -OCH3 is 1. The van der Waals surface area contributed by atoms with E-state index in [0.29, 0.717) is 11.1 Å². The molecule has 1 saturated heterocycles. The van der Waals surface area contributed by atoms with Crippen molar-refractivity contribution in [3.05, 3.63) is 172 Å². The van der Waals surface area contributed by atoms with E-state index in [-0.39, 0.29) is 17.0 Å². The molecule has 6 heteroatoms. The van der Waals surface area contributed by atoms with Crippen molar-refractivity contribution in [3.8, 4) is 0 Å². The van der Waals surface area contributed by atoms with E-state index in [2.05, 4.69) is 0 Å². The number of esters is 1. The maximum Gasteiger partial charge on any atom is 0.337 e. The number of Topliss-reactive ketones (excluding diaryl/α,β-unsaturated/α-hetero) is 1. The number of rotatable bonds is 6. The number of ether oxygens (including phenoxy) is 1. The summed E-state index contributed by atoms with van der Waals surface area (Å²) in [4.78, 5) is 60.1. The molecule has 2 aliphatic carbocycles. The van der Waals surface area contributed by atoms with E-state index in [4.69, 9.17) is 4.74 Å². The predicted molar refractivity (Wildman–Crippen MR) is 188 cm³/mol. The zero-order chi connectivity index (χ0) is 34.1. The quantitative estimate of drug-likeness (QED) is 0.144. The predicted octanol–water partition coefficient (Wildman–Crippen LogP) is 7.28. The van der Waals surface area contributed by atoms with Crippen molar-refractivity contribution in [2.24, 2.45) is 11.8 Å². The van der Waals surface area contributed by atoms with E-state index in [1.807, 2.05) is 123 Å². The zero-order valence-corrected chi connectivity index (χ0v) is 27.3. The van der Waals surface area contributed by atoms with Gasteiger partial charge >= 0.3 is 5.97 Å². The van der Waals surface area contributed by atoms with Crippen LogP contribution in [0.25, 0.3) is 11.1 Å². The van der Waals surface area contributed by atoms with Gasteiger partial charge in [-0.15, -0.1) is 0 Å². The lowest BCUT2D eigenvalue weighted by Gasteiger charge is -2.39. The molecule has 3 aliphatic rings. The Labute approximate surface area is 284 Å². The monoisotopic (exact) mass is 643 g/mol. The molecule has 5 aromatic rings. The van der Waals surface area contributed by atoms with Gasteiger partial charge in [0.05, 0.1) is 41.0 Å². The number of imide groups is 1. The number of amides is 2. The highest BCUT2D eigenvalue weighted by Crippen LogP contribution is 2.74. The average Bonchev–Trinajstić information content (AvgIpc) is 3.64. The molecule has 0 unspecified atom stereocenters. The first kappa shape index (κ1) is 30.5. The summed E-state index contributed by atoms with van der Waals surface area (Å²) in [5, 5.41) is 0. The molecule has 2 amide bonds. The Morgan fingerprint density at radius 3 is 1.47 bits per heavy atom. The van der Waals surface area contributed by atoms with Gasteiger partial charge in [0.1, 0.15) is 0 Å². The summed E-state index contributed by atoms with van der Waals surface area (Å²) in [6.45, 7) is 4.03. The lowest BCUT2D eigenvalue weighted by Crippen LogP contribution is -2.45. The van der Waals surface area contributed by atoms with Gasteiger partial charge in [-0.3, -0.25) is 14.4 Å². The van der Waals surface area contributed by atoms with Crippen molar-refractivity contribution in [3.63, 3.8) is 0 Å². The van der Waals surface area contributed by atoms with E-state index in [0.717, 1.165) is 33.4 Å². The molecular formula is C43H33NO5. The molecular weight excluding hydrogens is 610 g/mol. The number of anilines is 1. The number of hydrogen-bond acceptors (Lipinski definition) is 5. The third-order valence-electron chi connectivity index (χ3n) is 10.7. The Kier molecular flexibility index (Phi) is 6.90. The molecule has 8 rings (SSSR count). The molecule has 0 radical (unpaired) electrons. The minimum Gasteiger partial charge on any atom is -0.465 e. The van der Waals surface area contributed by atoms with Gasteiger partial charge in [-0.2, -0.15) is 0 Å². The molecule has 2 fully saturated rings. The summed E-state index contributed by atoms with van der Waals surface area (Å²) in [6, 6.07) is 41.4. The number of carbonyl (C=O) groups is 4. The van der Waals surface area contributed by atoms with Crippen molar-refractivity contribution >= 4 is 40.4 Å². The number of carbonyl (C=O) groups excluding carboxylic acids is 4. The number of aryl methyl sites for hydroxylation is 2. The molecule has 2 bridgehead atoms. The second-order valence-corrected chi connectivity index (χ2v) is 13.2. The van der Waals surface area contributed by atoms with Crippen LogP contribution < -0.4 is 4.90 Å². The van der Waals surface area contributed by atoms with Gasteiger partial charge in [-0.05, 0) is 65.4 Å². The van der Waals surface area contributed by atoms with Crippen LogP contribution in [0.3, 0.4) is 0 Å². The molecule has 4 atom stereocenters. The Balaban J connectivity index is 1.52. The molecule has 240 valence electrons. The first-order chi connectivity index (χ1) is 23.8. The number of hydrogen-bond donors (Lipinski definition) is 0. The highest BCUT2D eigenvalue weighted by Gasteiger charge is 2.82. The fraction of sp³-hybridized carbons (Fsp3) is 0.163. The second-order valence-electron chi connectivity index (χ2n) is 13.2. The summed E-state index contributed by atoms with van der Waals surface area (Å²) in [5.74, 6) is -3.81. The Hall–Kier alpha value is -5.88. The largest absolute Gasteiger partial charge is 0.465 e. The Bertz CT molecular complexity index is 2080. The molecule has 1 saturated carbocycles. The molecule has 0 aromatic heterocycles. The third kappa shape index (κ3) is 4.00.